The highest BCUT2D eigenvalue weighted by Crippen LogP contribution is 2.34. The number of methoxy groups -OCH3 is 1. The number of aryl methyl sites for hydroxylation is 2. The molecule has 1 atom stereocenters. The lowest BCUT2D eigenvalue weighted by molar-refractivity contribution is 0.0601. The molecule has 1 unspecified atom stereocenters. The van der Waals surface area contributed by atoms with Gasteiger partial charge in [-0.3, -0.25) is 8.51 Å². The van der Waals surface area contributed by atoms with E-state index in [9.17, 15) is 13.6 Å². The number of anilines is 3. The Balaban J connectivity index is 2.05. The van der Waals surface area contributed by atoms with Crippen molar-refractivity contribution in [1.29, 1.82) is 0 Å². The van der Waals surface area contributed by atoms with Crippen molar-refractivity contribution in [3.8, 4) is 11.5 Å². The lowest BCUT2D eigenvalue weighted by Gasteiger charge is -2.28. The van der Waals surface area contributed by atoms with Gasteiger partial charge in [0.15, 0.2) is 0 Å². The second-order valence-electron chi connectivity index (χ2n) is 6.64. The Kier molecular flexibility index (Phi) is 6.39. The second kappa shape index (κ2) is 8.98. The number of esters is 1. The first-order valence-electron chi connectivity index (χ1n) is 9.02. The van der Waals surface area contributed by atoms with Crippen LogP contribution in [0.5, 0.6) is 11.5 Å². The Morgan fingerprint density at radius 2 is 1.63 bits per heavy atom. The summed E-state index contributed by atoms with van der Waals surface area (Å²) in [7, 11) is 1.23. The Bertz CT molecular complexity index is 1100. The van der Waals surface area contributed by atoms with E-state index in [0.717, 1.165) is 15.4 Å². The third-order valence-corrected chi connectivity index (χ3v) is 5.19. The van der Waals surface area contributed by atoms with Crippen molar-refractivity contribution in [3.63, 3.8) is 0 Å². The van der Waals surface area contributed by atoms with Crippen molar-refractivity contribution in [2.24, 2.45) is 0 Å². The van der Waals surface area contributed by atoms with Crippen molar-refractivity contribution in [2.45, 2.75) is 13.8 Å². The summed E-state index contributed by atoms with van der Waals surface area (Å²) in [5, 5.41) is 0. The van der Waals surface area contributed by atoms with Crippen molar-refractivity contribution >= 4 is 34.3 Å². The van der Waals surface area contributed by atoms with Gasteiger partial charge >= 0.3 is 5.97 Å². The molecule has 156 valence electrons. The van der Waals surface area contributed by atoms with Crippen molar-refractivity contribution < 1.29 is 23.0 Å². The van der Waals surface area contributed by atoms with Gasteiger partial charge in [0.2, 0.25) is 0 Å². The number of carbonyl (C=O) groups is 1. The molecular formula is C22H21N2O5S-. The second-order valence-corrected chi connectivity index (χ2v) is 7.44. The van der Waals surface area contributed by atoms with Gasteiger partial charge in [-0.15, -0.1) is 0 Å². The first-order valence-corrected chi connectivity index (χ1v) is 10.1. The molecule has 7 nitrogen and oxygen atoms in total. The summed E-state index contributed by atoms with van der Waals surface area (Å²) >= 11 is -2.67. The van der Waals surface area contributed by atoms with Gasteiger partial charge in [0, 0.05) is 5.69 Å². The van der Waals surface area contributed by atoms with Gasteiger partial charge in [-0.05, 0) is 67.9 Å². The van der Waals surface area contributed by atoms with Crippen molar-refractivity contribution in [3.05, 3.63) is 77.4 Å². The maximum Gasteiger partial charge on any atom is 0.340 e. The van der Waals surface area contributed by atoms with E-state index in [0.29, 0.717) is 22.9 Å². The summed E-state index contributed by atoms with van der Waals surface area (Å²) in [6.45, 7) is 3.75. The Labute approximate surface area is 177 Å². The Morgan fingerprint density at radius 3 is 2.23 bits per heavy atom. The zero-order chi connectivity index (χ0) is 21.8. The molecule has 0 spiro atoms. The maximum absolute atomic E-state index is 12.4. The topological polar surface area (TPSA) is 105 Å². The number of carbonyl (C=O) groups excluding carboxylic acids is 1. The van der Waals surface area contributed by atoms with Gasteiger partial charge < -0.3 is 19.8 Å². The minimum atomic E-state index is -2.67. The molecular weight excluding hydrogens is 404 g/mol. The standard InChI is InChI=1S/C22H22N2O5S/c1-14-4-6-16(7-5-14)24(30(26)27)21-11-9-18(13-19(21)22(25)28-3)29-17-8-10-20(23)15(2)12-17/h4-13H,23H2,1-3H3,(H,26,27)/p-1. The van der Waals surface area contributed by atoms with Crippen LogP contribution in [0.3, 0.4) is 0 Å². The highest BCUT2D eigenvalue weighted by molar-refractivity contribution is 7.81. The summed E-state index contributed by atoms with van der Waals surface area (Å²) in [6, 6.07) is 16.6. The average molecular weight is 425 g/mol. The van der Waals surface area contributed by atoms with E-state index in [2.05, 4.69) is 0 Å². The number of benzene rings is 3. The molecule has 0 amide bonds. The zero-order valence-electron chi connectivity index (χ0n) is 16.7. The molecule has 3 aromatic rings. The third kappa shape index (κ3) is 4.61. The molecule has 30 heavy (non-hydrogen) atoms. The smallest absolute Gasteiger partial charge is 0.340 e. The van der Waals surface area contributed by atoms with Crippen LogP contribution in [0, 0.1) is 13.8 Å². The quantitative estimate of drug-likeness (QED) is 0.357. The highest BCUT2D eigenvalue weighted by Gasteiger charge is 2.21. The van der Waals surface area contributed by atoms with Crippen LogP contribution in [0.15, 0.2) is 60.7 Å². The molecule has 2 N–H and O–H groups in total. The summed E-state index contributed by atoms with van der Waals surface area (Å²) in [5.74, 6) is 0.198. The number of hydrogen-bond acceptors (Lipinski definition) is 6. The fourth-order valence-corrected chi connectivity index (χ4v) is 3.48. The Morgan fingerprint density at radius 1 is 1.00 bits per heavy atom. The number of ether oxygens (including phenoxy) is 2. The molecule has 8 heteroatoms. The predicted octanol–water partition coefficient (Wildman–Crippen LogP) is 4.40. The monoisotopic (exact) mass is 425 g/mol. The molecule has 0 aliphatic rings. The minimum absolute atomic E-state index is 0.0481. The Hall–Kier alpha value is -3.36. The number of nitrogens with zero attached hydrogens (tertiary/aromatic N) is 1. The van der Waals surface area contributed by atoms with Gasteiger partial charge in [-0.1, -0.05) is 17.7 Å². The first-order chi connectivity index (χ1) is 14.3. The van der Waals surface area contributed by atoms with Crippen LogP contribution in [0.4, 0.5) is 17.1 Å². The lowest BCUT2D eigenvalue weighted by atomic mass is 10.1. The van der Waals surface area contributed by atoms with Crippen LogP contribution in [0.2, 0.25) is 0 Å². The lowest BCUT2D eigenvalue weighted by Crippen LogP contribution is -2.22. The van der Waals surface area contributed by atoms with E-state index in [-0.39, 0.29) is 11.3 Å². The predicted molar refractivity (Wildman–Crippen MR) is 116 cm³/mol. The van der Waals surface area contributed by atoms with Gasteiger partial charge in [0.25, 0.3) is 0 Å². The molecule has 0 radical (unpaired) electrons. The molecule has 3 rings (SSSR count). The summed E-state index contributed by atoms with van der Waals surface area (Å²) in [5.41, 5.74) is 8.89. The van der Waals surface area contributed by atoms with Gasteiger partial charge in [-0.2, -0.15) is 0 Å². The van der Waals surface area contributed by atoms with Gasteiger partial charge in [0.05, 0.1) is 35.3 Å². The molecule has 0 aromatic heterocycles. The summed E-state index contributed by atoms with van der Waals surface area (Å²) in [4.78, 5) is 12.4. The molecule has 3 aromatic carbocycles. The van der Waals surface area contributed by atoms with Crippen molar-refractivity contribution in [2.75, 3.05) is 17.1 Å². The summed E-state index contributed by atoms with van der Waals surface area (Å²) in [6.07, 6.45) is 0. The minimum Gasteiger partial charge on any atom is -0.755 e. The van der Waals surface area contributed by atoms with E-state index in [4.69, 9.17) is 15.2 Å². The van der Waals surface area contributed by atoms with Crippen molar-refractivity contribution in [1.82, 2.24) is 0 Å². The SMILES string of the molecule is COC(=O)c1cc(Oc2ccc(N)c(C)c2)ccc1N(c1ccc(C)cc1)S(=O)[O-]. The van der Waals surface area contributed by atoms with E-state index < -0.39 is 17.2 Å². The van der Waals surface area contributed by atoms with Crippen LogP contribution >= 0.6 is 0 Å². The highest BCUT2D eigenvalue weighted by atomic mass is 32.2. The number of nitrogen functional groups attached to an aromatic ring is 1. The number of rotatable bonds is 6. The molecule has 0 aliphatic heterocycles. The molecule has 0 saturated heterocycles. The maximum atomic E-state index is 12.4. The molecule has 0 saturated carbocycles. The number of nitrogens with two attached hydrogens (primary N) is 1. The fourth-order valence-electron chi connectivity index (χ4n) is 2.86. The average Bonchev–Trinajstić information content (AvgIpc) is 2.72. The van der Waals surface area contributed by atoms with Gasteiger partial charge in [-0.25, -0.2) is 4.79 Å². The fraction of sp³-hybridized carbons (Fsp3) is 0.136. The third-order valence-electron chi connectivity index (χ3n) is 4.49. The van der Waals surface area contributed by atoms with Crippen LogP contribution in [0.25, 0.3) is 0 Å². The van der Waals surface area contributed by atoms with E-state index in [1.54, 1.807) is 48.5 Å². The summed E-state index contributed by atoms with van der Waals surface area (Å²) < 4.78 is 35.8. The van der Waals surface area contributed by atoms with Crippen LogP contribution in [-0.4, -0.2) is 21.8 Å². The molecule has 0 aliphatic carbocycles. The van der Waals surface area contributed by atoms with E-state index >= 15 is 0 Å². The van der Waals surface area contributed by atoms with Gasteiger partial charge in [0.1, 0.15) is 11.5 Å². The largest absolute Gasteiger partial charge is 0.755 e. The molecule has 0 fully saturated rings. The van der Waals surface area contributed by atoms with Crippen LogP contribution in [-0.2, 0) is 16.0 Å². The van der Waals surface area contributed by atoms with E-state index in [1.165, 1.54) is 19.2 Å². The van der Waals surface area contributed by atoms with E-state index in [1.807, 2.05) is 13.8 Å². The molecule has 0 heterocycles. The van der Waals surface area contributed by atoms with Crippen LogP contribution < -0.4 is 14.8 Å². The zero-order valence-corrected chi connectivity index (χ0v) is 17.6. The number of hydrogen-bond donors (Lipinski definition) is 1. The first kappa shape index (κ1) is 21.4. The van der Waals surface area contributed by atoms with Crippen LogP contribution in [0.1, 0.15) is 21.5 Å². The normalized spacial score (nSPS) is 11.6. The molecule has 0 bridgehead atoms.